The molecule has 28 heavy (non-hydrogen) atoms. The van der Waals surface area contributed by atoms with Gasteiger partial charge in [0.25, 0.3) is 5.91 Å². The van der Waals surface area contributed by atoms with Crippen LogP contribution in [0, 0.1) is 17.8 Å². The lowest BCUT2D eigenvalue weighted by molar-refractivity contribution is 0.0731. The minimum Gasteiger partial charge on any atom is -0.391 e. The molecule has 5 rings (SSSR count). The van der Waals surface area contributed by atoms with Crippen LogP contribution in [0.4, 0.5) is 5.69 Å². The third kappa shape index (κ3) is 2.65. The third-order valence-corrected chi connectivity index (χ3v) is 8.20. The Hall–Kier alpha value is -2.36. The first-order chi connectivity index (χ1) is 13.4. The second-order valence-electron chi connectivity index (χ2n) is 7.78. The van der Waals surface area contributed by atoms with Crippen LogP contribution in [0.3, 0.4) is 0 Å². The molecule has 3 aliphatic rings. The summed E-state index contributed by atoms with van der Waals surface area (Å²) in [5.74, 6) is 0.456. The van der Waals surface area contributed by atoms with Crippen molar-refractivity contribution in [1.82, 2.24) is 14.3 Å². The maximum Gasteiger partial charge on any atom is 0.275 e. The van der Waals surface area contributed by atoms with Gasteiger partial charge in [0, 0.05) is 24.6 Å². The molecule has 8 nitrogen and oxygen atoms in total. The van der Waals surface area contributed by atoms with Gasteiger partial charge in [-0.25, -0.2) is 13.4 Å². The molecule has 0 unspecified atom stereocenters. The number of aliphatic hydroxyl groups excluding tert-OH is 1. The van der Waals surface area contributed by atoms with Crippen molar-refractivity contribution in [2.45, 2.75) is 29.9 Å². The van der Waals surface area contributed by atoms with Gasteiger partial charge in [0.1, 0.15) is 5.69 Å². The van der Waals surface area contributed by atoms with Crippen LogP contribution in [0.15, 0.2) is 47.8 Å². The fraction of sp³-hybridized carbons (Fsp3) is 0.421. The molecule has 1 aliphatic heterocycles. The van der Waals surface area contributed by atoms with Crippen molar-refractivity contribution in [2.75, 3.05) is 11.9 Å². The van der Waals surface area contributed by atoms with Crippen molar-refractivity contribution in [1.29, 1.82) is 0 Å². The van der Waals surface area contributed by atoms with Crippen LogP contribution in [0.1, 0.15) is 23.3 Å². The predicted molar refractivity (Wildman–Crippen MR) is 99.8 cm³/mol. The first-order valence-corrected chi connectivity index (χ1v) is 10.8. The topological polar surface area (TPSA) is 112 Å². The van der Waals surface area contributed by atoms with Gasteiger partial charge in [0.15, 0.2) is 0 Å². The number of aliphatic hydroxyl groups is 1. The smallest absolute Gasteiger partial charge is 0.275 e. The average molecular weight is 400 g/mol. The molecule has 2 N–H and O–H groups in total. The van der Waals surface area contributed by atoms with E-state index in [1.165, 1.54) is 35.0 Å². The van der Waals surface area contributed by atoms with Gasteiger partial charge >= 0.3 is 0 Å². The molecule has 1 saturated heterocycles. The molecule has 1 aromatic heterocycles. The first-order valence-electron chi connectivity index (χ1n) is 9.32. The van der Waals surface area contributed by atoms with E-state index in [4.69, 9.17) is 0 Å². The van der Waals surface area contributed by atoms with Crippen molar-refractivity contribution in [3.05, 3.63) is 48.5 Å². The Bertz CT molecular complexity index is 1010. The standard InChI is InChI=1S/C19H20N4O4S/c24-18-11-7-12-10-23(17(18)15(12)8-11)28(26,27)14-3-1-13(2-4-14)22-19(25)16-9-20-5-6-21-16/h1-6,9,11-12,15,17-18,24H,7-8,10H2,(H,22,25)/t11-,12-,15+,17+,18-/m0/s1. The number of nitrogens with one attached hydrogen (secondary N) is 1. The molecular weight excluding hydrogens is 380 g/mol. The van der Waals surface area contributed by atoms with E-state index < -0.39 is 22.0 Å². The zero-order valence-electron chi connectivity index (χ0n) is 15.0. The van der Waals surface area contributed by atoms with Crippen LogP contribution < -0.4 is 5.32 Å². The van der Waals surface area contributed by atoms with E-state index in [2.05, 4.69) is 15.3 Å². The Kier molecular flexibility index (Phi) is 4.01. The minimum absolute atomic E-state index is 0.168. The van der Waals surface area contributed by atoms with Crippen molar-refractivity contribution in [3.8, 4) is 0 Å². The van der Waals surface area contributed by atoms with Gasteiger partial charge in [-0.15, -0.1) is 0 Å². The second kappa shape index (κ2) is 6.33. The number of benzene rings is 1. The fourth-order valence-corrected chi connectivity index (χ4v) is 6.83. The molecule has 9 heteroatoms. The highest BCUT2D eigenvalue weighted by Gasteiger charge is 2.61. The van der Waals surface area contributed by atoms with Crippen LogP contribution in [0.5, 0.6) is 0 Å². The molecule has 2 bridgehead atoms. The summed E-state index contributed by atoms with van der Waals surface area (Å²) in [4.78, 5) is 20.1. The Labute approximate surface area is 162 Å². The van der Waals surface area contributed by atoms with Crippen LogP contribution in [-0.4, -0.2) is 52.4 Å². The SMILES string of the molecule is O=C(Nc1ccc(S(=O)(=O)N2C[C@@H]3C[C@H]4C[C@H]3[C@@H]2[C@H]4O)cc1)c1cnccn1. The number of aromatic nitrogens is 2. The number of sulfonamides is 1. The summed E-state index contributed by atoms with van der Waals surface area (Å²) in [5.41, 5.74) is 0.647. The lowest BCUT2D eigenvalue weighted by atomic mass is 9.88. The monoisotopic (exact) mass is 400 g/mol. The summed E-state index contributed by atoms with van der Waals surface area (Å²) in [5, 5.41) is 13.1. The Morgan fingerprint density at radius 3 is 2.61 bits per heavy atom. The van der Waals surface area contributed by atoms with Gasteiger partial charge in [-0.2, -0.15) is 4.31 Å². The van der Waals surface area contributed by atoms with Gasteiger partial charge in [0.2, 0.25) is 10.0 Å². The van der Waals surface area contributed by atoms with E-state index in [0.29, 0.717) is 18.2 Å². The molecule has 1 aromatic carbocycles. The van der Waals surface area contributed by atoms with Crippen molar-refractivity contribution in [2.24, 2.45) is 17.8 Å². The summed E-state index contributed by atoms with van der Waals surface area (Å²) >= 11 is 0. The minimum atomic E-state index is -3.69. The molecule has 1 amide bonds. The maximum absolute atomic E-state index is 13.2. The Morgan fingerprint density at radius 1 is 1.14 bits per heavy atom. The maximum atomic E-state index is 13.2. The molecule has 2 aromatic rings. The van der Waals surface area contributed by atoms with Crippen molar-refractivity contribution in [3.63, 3.8) is 0 Å². The normalized spacial score (nSPS) is 31.2. The second-order valence-corrected chi connectivity index (χ2v) is 9.67. The van der Waals surface area contributed by atoms with E-state index in [0.717, 1.165) is 12.8 Å². The molecule has 5 atom stereocenters. The van der Waals surface area contributed by atoms with Crippen LogP contribution in [0.2, 0.25) is 0 Å². The average Bonchev–Trinajstić information content (AvgIpc) is 3.32. The highest BCUT2D eigenvalue weighted by molar-refractivity contribution is 7.89. The third-order valence-electron chi connectivity index (χ3n) is 6.32. The van der Waals surface area contributed by atoms with E-state index in [9.17, 15) is 18.3 Å². The summed E-state index contributed by atoms with van der Waals surface area (Å²) in [6.45, 7) is 0.483. The molecule has 2 saturated carbocycles. The molecule has 2 aliphatic carbocycles. The van der Waals surface area contributed by atoms with E-state index >= 15 is 0 Å². The molecule has 0 radical (unpaired) electrons. The zero-order valence-corrected chi connectivity index (χ0v) is 15.8. The molecule has 2 heterocycles. The van der Waals surface area contributed by atoms with Crippen molar-refractivity contribution < 1.29 is 18.3 Å². The number of carbonyl (C=O) groups is 1. The molecular formula is C19H20N4O4S. The molecule has 146 valence electrons. The predicted octanol–water partition coefficient (Wildman–Crippen LogP) is 1.12. The fourth-order valence-electron chi connectivity index (χ4n) is 5.09. The molecule has 3 fully saturated rings. The Morgan fingerprint density at radius 2 is 1.93 bits per heavy atom. The number of rotatable bonds is 4. The van der Waals surface area contributed by atoms with Gasteiger partial charge in [-0.1, -0.05) is 0 Å². The first kappa shape index (κ1) is 17.7. The van der Waals surface area contributed by atoms with Crippen LogP contribution >= 0.6 is 0 Å². The summed E-state index contributed by atoms with van der Waals surface area (Å²) < 4.78 is 27.8. The van der Waals surface area contributed by atoms with Gasteiger partial charge in [-0.05, 0) is 54.9 Å². The molecule has 0 spiro atoms. The van der Waals surface area contributed by atoms with Crippen LogP contribution in [-0.2, 0) is 10.0 Å². The number of hydrogen-bond donors (Lipinski definition) is 2. The number of fused-ring (bicyclic) bond motifs is 1. The summed E-state index contributed by atoms with van der Waals surface area (Å²) in [6.07, 6.45) is 5.54. The zero-order chi connectivity index (χ0) is 19.5. The van der Waals surface area contributed by atoms with E-state index in [-0.39, 0.29) is 28.5 Å². The van der Waals surface area contributed by atoms with Gasteiger partial charge in [0.05, 0.1) is 23.2 Å². The highest BCUT2D eigenvalue weighted by atomic mass is 32.2. The highest BCUT2D eigenvalue weighted by Crippen LogP contribution is 2.56. The van der Waals surface area contributed by atoms with Crippen molar-refractivity contribution >= 4 is 21.6 Å². The van der Waals surface area contributed by atoms with E-state index in [1.807, 2.05) is 0 Å². The largest absolute Gasteiger partial charge is 0.391 e. The lowest BCUT2D eigenvalue weighted by Crippen LogP contribution is -2.43. The van der Waals surface area contributed by atoms with E-state index in [1.54, 1.807) is 12.1 Å². The van der Waals surface area contributed by atoms with Gasteiger partial charge < -0.3 is 10.4 Å². The number of nitrogens with zero attached hydrogens (tertiary/aromatic N) is 3. The van der Waals surface area contributed by atoms with Gasteiger partial charge in [-0.3, -0.25) is 9.78 Å². The number of anilines is 1. The summed E-state index contributed by atoms with van der Waals surface area (Å²) in [7, 11) is -3.69. The Balaban J connectivity index is 1.35. The summed E-state index contributed by atoms with van der Waals surface area (Å²) in [6, 6.07) is 5.78. The van der Waals surface area contributed by atoms with Crippen LogP contribution in [0.25, 0.3) is 0 Å². The quantitative estimate of drug-likeness (QED) is 0.795. The number of hydrogen-bond acceptors (Lipinski definition) is 6. The number of carbonyl (C=O) groups excluding carboxylic acids is 1. The lowest BCUT2D eigenvalue weighted by Gasteiger charge is -2.28. The number of amides is 1.